The Kier molecular flexibility index (Phi) is 2.71. The van der Waals surface area contributed by atoms with Crippen LogP contribution in [-0.2, 0) is 9.59 Å². The molecule has 2 bridgehead atoms. The molecule has 4 rings (SSSR count). The van der Waals surface area contributed by atoms with E-state index in [-0.39, 0.29) is 45.1 Å². The number of halogens is 2. The molecule has 1 aliphatic heterocycles. The van der Waals surface area contributed by atoms with Crippen molar-refractivity contribution in [2.75, 3.05) is 4.90 Å². The monoisotopic (exact) mass is 402 g/mol. The summed E-state index contributed by atoms with van der Waals surface area (Å²) < 4.78 is 4.99. The Hall–Kier alpha value is -0.690. The fraction of sp³-hybridized carbons (Fsp3) is 0.615. The number of aromatic nitrogens is 1. The predicted octanol–water partition coefficient (Wildman–Crippen LogP) is 2.27. The summed E-state index contributed by atoms with van der Waals surface area (Å²) in [5, 5.41) is 3.82. The zero-order valence-electron chi connectivity index (χ0n) is 10.6. The molecule has 0 aromatic carbocycles. The van der Waals surface area contributed by atoms with Crippen LogP contribution in [-0.4, -0.2) is 26.6 Å². The number of carbonyl (C=O) groups is 2. The first-order valence-corrected chi connectivity index (χ1v) is 8.43. The molecule has 2 heterocycles. The molecule has 2 amide bonds. The third-order valence-corrected chi connectivity index (χ3v) is 8.04. The van der Waals surface area contributed by atoms with Gasteiger partial charge in [-0.15, -0.1) is 0 Å². The molecule has 0 spiro atoms. The fourth-order valence-electron chi connectivity index (χ4n) is 4.03. The van der Waals surface area contributed by atoms with E-state index in [0.29, 0.717) is 11.6 Å². The van der Waals surface area contributed by atoms with Crippen LogP contribution in [0.1, 0.15) is 12.2 Å². The van der Waals surface area contributed by atoms with Gasteiger partial charge in [0.2, 0.25) is 11.8 Å². The maximum absolute atomic E-state index is 12.6. The van der Waals surface area contributed by atoms with Crippen molar-refractivity contribution >= 4 is 49.5 Å². The fourth-order valence-corrected chi connectivity index (χ4v) is 5.91. The molecule has 6 atom stereocenters. The van der Waals surface area contributed by atoms with Crippen molar-refractivity contribution in [1.82, 2.24) is 5.16 Å². The Balaban J connectivity index is 1.74. The summed E-state index contributed by atoms with van der Waals surface area (Å²) in [5.41, 5.74) is 0. The lowest BCUT2D eigenvalue weighted by Gasteiger charge is -2.28. The van der Waals surface area contributed by atoms with Crippen molar-refractivity contribution in [1.29, 1.82) is 0 Å². The quantitative estimate of drug-likeness (QED) is 0.533. The van der Waals surface area contributed by atoms with Crippen molar-refractivity contribution in [2.24, 2.45) is 23.7 Å². The molecule has 5 nitrogen and oxygen atoms in total. The average Bonchev–Trinajstić information content (AvgIpc) is 3.10. The molecule has 2 aliphatic carbocycles. The molecule has 3 fully saturated rings. The lowest BCUT2D eigenvalue weighted by Crippen LogP contribution is -2.37. The number of imide groups is 1. The van der Waals surface area contributed by atoms with Crippen LogP contribution in [0.15, 0.2) is 10.6 Å². The highest BCUT2D eigenvalue weighted by Crippen LogP contribution is 2.60. The van der Waals surface area contributed by atoms with E-state index < -0.39 is 0 Å². The maximum Gasteiger partial charge on any atom is 0.239 e. The molecule has 0 N–H and O–H groups in total. The van der Waals surface area contributed by atoms with Gasteiger partial charge in [-0.05, 0) is 25.2 Å². The second-order valence-electron chi connectivity index (χ2n) is 5.81. The smallest absolute Gasteiger partial charge is 0.239 e. The van der Waals surface area contributed by atoms with E-state index in [1.807, 2.05) is 0 Å². The highest BCUT2D eigenvalue weighted by molar-refractivity contribution is 9.12. The number of rotatable bonds is 1. The summed E-state index contributed by atoms with van der Waals surface area (Å²) >= 11 is 7.32. The summed E-state index contributed by atoms with van der Waals surface area (Å²) in [6, 6.07) is 1.63. The van der Waals surface area contributed by atoms with Gasteiger partial charge in [-0.1, -0.05) is 37.0 Å². The molecular weight excluding hydrogens is 392 g/mol. The highest BCUT2D eigenvalue weighted by atomic mass is 79.9. The predicted molar refractivity (Wildman–Crippen MR) is 77.7 cm³/mol. The van der Waals surface area contributed by atoms with Crippen LogP contribution in [0, 0.1) is 30.6 Å². The molecule has 2 unspecified atom stereocenters. The first-order valence-electron chi connectivity index (χ1n) is 6.60. The molecule has 7 heteroatoms. The Morgan fingerprint density at radius 2 is 1.75 bits per heavy atom. The summed E-state index contributed by atoms with van der Waals surface area (Å²) in [6.45, 7) is 1.75. The van der Waals surface area contributed by atoms with E-state index in [4.69, 9.17) is 4.52 Å². The van der Waals surface area contributed by atoms with E-state index >= 15 is 0 Å². The van der Waals surface area contributed by atoms with Gasteiger partial charge in [-0.25, -0.2) is 4.90 Å². The van der Waals surface area contributed by atoms with Crippen LogP contribution >= 0.6 is 31.9 Å². The lowest BCUT2D eigenvalue weighted by atomic mass is 9.81. The number of amides is 2. The summed E-state index contributed by atoms with van der Waals surface area (Å²) in [7, 11) is 0. The van der Waals surface area contributed by atoms with Crippen LogP contribution in [0.25, 0.3) is 0 Å². The van der Waals surface area contributed by atoms with Crippen LogP contribution in [0.2, 0.25) is 0 Å². The summed E-state index contributed by atoms with van der Waals surface area (Å²) in [4.78, 5) is 27.0. The molecule has 0 radical (unpaired) electrons. The Morgan fingerprint density at radius 1 is 1.20 bits per heavy atom. The van der Waals surface area contributed by atoms with Gasteiger partial charge < -0.3 is 4.52 Å². The van der Waals surface area contributed by atoms with Crippen molar-refractivity contribution in [3.8, 4) is 0 Å². The van der Waals surface area contributed by atoms with E-state index in [9.17, 15) is 9.59 Å². The molecule has 3 aliphatic rings. The standard InChI is InChI=1S/C13H12Br2N2O3/c1-4-2-7(16-20-4)17-12(18)8-5-3-6(9(8)13(17)19)11(15)10(5)14/h2,5-6,8-11H,3H2,1H3/t5-,6+,8-,9+,10?,11?. The minimum atomic E-state index is -0.206. The van der Waals surface area contributed by atoms with Gasteiger partial charge in [0, 0.05) is 15.7 Å². The molecule has 20 heavy (non-hydrogen) atoms. The molecule has 106 valence electrons. The molecular formula is C13H12Br2N2O3. The van der Waals surface area contributed by atoms with Gasteiger partial charge in [0.25, 0.3) is 0 Å². The molecule has 2 saturated carbocycles. The highest BCUT2D eigenvalue weighted by Gasteiger charge is 2.66. The van der Waals surface area contributed by atoms with E-state index in [2.05, 4.69) is 37.0 Å². The maximum atomic E-state index is 12.6. The second-order valence-corrected chi connectivity index (χ2v) is 7.93. The zero-order chi connectivity index (χ0) is 14.2. The Labute approximate surface area is 132 Å². The van der Waals surface area contributed by atoms with Crippen LogP contribution in [0.3, 0.4) is 0 Å². The number of alkyl halides is 2. The lowest BCUT2D eigenvalue weighted by molar-refractivity contribution is -0.123. The van der Waals surface area contributed by atoms with E-state index in [1.54, 1.807) is 13.0 Å². The van der Waals surface area contributed by atoms with E-state index in [1.165, 1.54) is 4.90 Å². The number of nitrogens with zero attached hydrogens (tertiary/aromatic N) is 2. The summed E-state index contributed by atoms with van der Waals surface area (Å²) in [5.74, 6) is 0.716. The van der Waals surface area contributed by atoms with Gasteiger partial charge in [0.15, 0.2) is 5.82 Å². The third kappa shape index (κ3) is 1.45. The third-order valence-electron chi connectivity index (χ3n) is 4.83. The second kappa shape index (κ2) is 4.16. The van der Waals surface area contributed by atoms with Crippen molar-refractivity contribution < 1.29 is 14.1 Å². The number of hydrogen-bond donors (Lipinski definition) is 0. The number of fused-ring (bicyclic) bond motifs is 5. The minimum absolute atomic E-state index is 0.121. The molecule has 1 aromatic rings. The van der Waals surface area contributed by atoms with Crippen molar-refractivity contribution in [3.63, 3.8) is 0 Å². The SMILES string of the molecule is Cc1cc(N2C(=O)[C@@H]3[C@H](C2=O)[C@H]2C[C@@H]3C(Br)C2Br)no1. The minimum Gasteiger partial charge on any atom is -0.360 e. The Morgan fingerprint density at radius 3 is 2.20 bits per heavy atom. The summed E-state index contributed by atoms with van der Waals surface area (Å²) in [6.07, 6.45) is 0.935. The van der Waals surface area contributed by atoms with Gasteiger partial charge >= 0.3 is 0 Å². The Bertz CT molecular complexity index is 585. The number of anilines is 1. The van der Waals surface area contributed by atoms with Gasteiger partial charge in [0.1, 0.15) is 5.76 Å². The van der Waals surface area contributed by atoms with Crippen LogP contribution in [0.4, 0.5) is 5.82 Å². The first kappa shape index (κ1) is 13.0. The van der Waals surface area contributed by atoms with Gasteiger partial charge in [-0.3, -0.25) is 9.59 Å². The average molecular weight is 404 g/mol. The zero-order valence-corrected chi connectivity index (χ0v) is 13.8. The van der Waals surface area contributed by atoms with Gasteiger partial charge in [0.05, 0.1) is 11.8 Å². The van der Waals surface area contributed by atoms with Crippen molar-refractivity contribution in [3.05, 3.63) is 11.8 Å². The molecule has 1 saturated heterocycles. The van der Waals surface area contributed by atoms with E-state index in [0.717, 1.165) is 6.42 Å². The number of carbonyl (C=O) groups excluding carboxylic acids is 2. The van der Waals surface area contributed by atoms with Gasteiger partial charge in [-0.2, -0.15) is 0 Å². The molecule has 1 aromatic heterocycles. The van der Waals surface area contributed by atoms with Crippen LogP contribution < -0.4 is 4.90 Å². The normalized spacial score (nSPS) is 42.6. The number of hydrogen-bond acceptors (Lipinski definition) is 4. The largest absolute Gasteiger partial charge is 0.360 e. The number of aryl methyl sites for hydroxylation is 1. The topological polar surface area (TPSA) is 63.4 Å². The van der Waals surface area contributed by atoms with Crippen molar-refractivity contribution in [2.45, 2.75) is 23.0 Å². The first-order chi connectivity index (χ1) is 9.50. The van der Waals surface area contributed by atoms with Crippen LogP contribution in [0.5, 0.6) is 0 Å².